The van der Waals surface area contributed by atoms with Gasteiger partial charge in [0.05, 0.1) is 20.8 Å². The molecular formula is C14H20O6S2. The van der Waals surface area contributed by atoms with Gasteiger partial charge in [0.1, 0.15) is 5.78 Å². The van der Waals surface area contributed by atoms with Crippen molar-refractivity contribution in [3.63, 3.8) is 0 Å². The Balaban J connectivity index is 3.08. The van der Waals surface area contributed by atoms with E-state index in [0.717, 1.165) is 11.8 Å². The van der Waals surface area contributed by atoms with Crippen LogP contribution in [0, 0.1) is 11.3 Å². The number of thioether (sulfide) groups is 1. The van der Waals surface area contributed by atoms with Gasteiger partial charge in [0, 0.05) is 11.7 Å². The van der Waals surface area contributed by atoms with E-state index >= 15 is 0 Å². The van der Waals surface area contributed by atoms with Gasteiger partial charge in [0.25, 0.3) is 0 Å². The second kappa shape index (κ2) is 7.92. The van der Waals surface area contributed by atoms with Crippen molar-refractivity contribution in [2.24, 2.45) is 11.3 Å². The molecule has 1 fully saturated rings. The number of ketones is 1. The molecule has 0 aliphatic heterocycles. The number of esters is 2. The molecule has 2 atom stereocenters. The van der Waals surface area contributed by atoms with Gasteiger partial charge in [-0.15, -0.1) is 0 Å². The minimum Gasteiger partial charge on any atom is -0.479 e. The monoisotopic (exact) mass is 348 g/mol. The molecule has 1 rings (SSSR count). The summed E-state index contributed by atoms with van der Waals surface area (Å²) in [6, 6.07) is 0. The van der Waals surface area contributed by atoms with Gasteiger partial charge in [-0.1, -0.05) is 11.8 Å². The van der Waals surface area contributed by atoms with Crippen LogP contribution in [-0.2, 0) is 28.6 Å². The van der Waals surface area contributed by atoms with Crippen LogP contribution >= 0.6 is 24.0 Å². The minimum atomic E-state index is -1.44. The van der Waals surface area contributed by atoms with Crippen molar-refractivity contribution >= 4 is 46.1 Å². The van der Waals surface area contributed by atoms with Crippen molar-refractivity contribution in [1.29, 1.82) is 0 Å². The van der Waals surface area contributed by atoms with Gasteiger partial charge in [-0.05, 0) is 38.4 Å². The first-order chi connectivity index (χ1) is 10.3. The topological polar surface area (TPSA) is 78.9 Å². The van der Waals surface area contributed by atoms with Crippen LogP contribution < -0.4 is 0 Å². The number of hydrogen-bond acceptors (Lipinski definition) is 8. The van der Waals surface area contributed by atoms with Gasteiger partial charge in [-0.3, -0.25) is 9.59 Å². The van der Waals surface area contributed by atoms with Crippen molar-refractivity contribution < 1.29 is 28.6 Å². The lowest BCUT2D eigenvalue weighted by atomic mass is 9.60. The van der Waals surface area contributed by atoms with E-state index in [9.17, 15) is 14.4 Å². The average Bonchev–Trinajstić information content (AvgIpc) is 2.47. The van der Waals surface area contributed by atoms with Crippen LogP contribution in [0.4, 0.5) is 0 Å². The molecule has 0 N–H and O–H groups in total. The minimum absolute atomic E-state index is 0.0127. The number of carbonyl (C=O) groups is 3. The quantitative estimate of drug-likeness (QED) is 0.408. The maximum Gasteiger partial charge on any atom is 0.324 e. The van der Waals surface area contributed by atoms with Crippen LogP contribution in [0.5, 0.6) is 0 Å². The summed E-state index contributed by atoms with van der Waals surface area (Å²) < 4.78 is 15.0. The largest absolute Gasteiger partial charge is 0.479 e. The molecule has 0 aromatic rings. The maximum absolute atomic E-state index is 12.2. The summed E-state index contributed by atoms with van der Waals surface area (Å²) in [5, 5.41) is -0.532. The molecule has 0 aromatic carbocycles. The fourth-order valence-electron chi connectivity index (χ4n) is 2.73. The second-order valence-electron chi connectivity index (χ2n) is 5.05. The van der Waals surface area contributed by atoms with Gasteiger partial charge in [0.2, 0.25) is 4.38 Å². The third-order valence-electron chi connectivity index (χ3n) is 3.63. The van der Waals surface area contributed by atoms with E-state index in [1.54, 1.807) is 6.92 Å². The third kappa shape index (κ3) is 3.60. The Morgan fingerprint density at radius 3 is 2.18 bits per heavy atom. The molecule has 8 heteroatoms. The number of hydrogen-bond donors (Lipinski definition) is 0. The number of methoxy groups -OCH3 is 2. The summed E-state index contributed by atoms with van der Waals surface area (Å²) in [4.78, 5) is 35.8. The number of Topliss-reactive ketones (excluding diaryl/α,β-unsaturated/α-hetero) is 1. The van der Waals surface area contributed by atoms with Crippen molar-refractivity contribution in [1.82, 2.24) is 0 Å². The van der Waals surface area contributed by atoms with Crippen LogP contribution in [0.2, 0.25) is 0 Å². The lowest BCUT2D eigenvalue weighted by Gasteiger charge is -2.49. The highest BCUT2D eigenvalue weighted by Crippen LogP contribution is 2.55. The maximum atomic E-state index is 12.2. The van der Waals surface area contributed by atoms with Crippen LogP contribution in [0.25, 0.3) is 0 Å². The Labute approximate surface area is 139 Å². The third-order valence-corrected chi connectivity index (χ3v) is 5.39. The predicted octanol–water partition coefficient (Wildman–Crippen LogP) is 1.74. The molecule has 0 aromatic heterocycles. The van der Waals surface area contributed by atoms with E-state index in [2.05, 4.69) is 0 Å². The van der Waals surface area contributed by atoms with Crippen molar-refractivity contribution in [2.75, 3.05) is 20.8 Å². The molecule has 0 heterocycles. The SMILES string of the molecule is CCOC(=S)S[C@@H]1[C@H](CC(C)=O)CC1(C(=O)OC)C(=O)OC. The van der Waals surface area contributed by atoms with E-state index in [0.29, 0.717) is 6.61 Å². The smallest absolute Gasteiger partial charge is 0.324 e. The molecule has 0 unspecified atom stereocenters. The van der Waals surface area contributed by atoms with E-state index in [-0.39, 0.29) is 28.9 Å². The van der Waals surface area contributed by atoms with Crippen LogP contribution in [0.15, 0.2) is 0 Å². The normalized spacial score (nSPS) is 22.2. The molecule has 1 aliphatic carbocycles. The van der Waals surface area contributed by atoms with Crippen LogP contribution in [0.3, 0.4) is 0 Å². The average molecular weight is 348 g/mol. The highest BCUT2D eigenvalue weighted by atomic mass is 32.2. The van der Waals surface area contributed by atoms with Crippen LogP contribution in [0.1, 0.15) is 26.7 Å². The highest BCUT2D eigenvalue weighted by molar-refractivity contribution is 8.23. The van der Waals surface area contributed by atoms with Gasteiger partial charge in [-0.25, -0.2) is 0 Å². The van der Waals surface area contributed by atoms with Crippen molar-refractivity contribution in [3.05, 3.63) is 0 Å². The Kier molecular flexibility index (Phi) is 6.80. The fraction of sp³-hybridized carbons (Fsp3) is 0.714. The molecule has 0 bridgehead atoms. The van der Waals surface area contributed by atoms with E-state index in [1.165, 1.54) is 21.1 Å². The standard InChI is InChI=1S/C14H20O6S2/c1-5-20-13(21)22-10-9(6-8(2)15)7-14(10,11(16)18-3)12(17)19-4/h9-10H,5-7H2,1-4H3/t9-,10-/m1/s1. The summed E-state index contributed by atoms with van der Waals surface area (Å²) in [6.07, 6.45) is 0.473. The summed E-state index contributed by atoms with van der Waals surface area (Å²) in [5.74, 6) is -1.51. The zero-order chi connectivity index (χ0) is 16.9. The lowest BCUT2D eigenvalue weighted by molar-refractivity contribution is -0.179. The number of rotatable bonds is 6. The van der Waals surface area contributed by atoms with Gasteiger partial charge in [-0.2, -0.15) is 0 Å². The molecule has 0 spiro atoms. The first-order valence-corrected chi connectivity index (χ1v) is 8.11. The van der Waals surface area contributed by atoms with Gasteiger partial charge >= 0.3 is 11.9 Å². The van der Waals surface area contributed by atoms with Crippen LogP contribution in [-0.4, -0.2) is 48.2 Å². The van der Waals surface area contributed by atoms with Crippen molar-refractivity contribution in [2.45, 2.75) is 31.9 Å². The first-order valence-electron chi connectivity index (χ1n) is 6.83. The lowest BCUT2D eigenvalue weighted by Crippen LogP contribution is -2.61. The Hall–Kier alpha value is -1.15. The van der Waals surface area contributed by atoms with E-state index < -0.39 is 22.6 Å². The summed E-state index contributed by atoms with van der Waals surface area (Å²) >= 11 is 6.21. The summed E-state index contributed by atoms with van der Waals surface area (Å²) in [5.41, 5.74) is -1.44. The first kappa shape index (κ1) is 18.9. The Morgan fingerprint density at radius 2 is 1.77 bits per heavy atom. The molecule has 1 aliphatic rings. The zero-order valence-electron chi connectivity index (χ0n) is 13.0. The number of carbonyl (C=O) groups excluding carboxylic acids is 3. The zero-order valence-corrected chi connectivity index (χ0v) is 14.7. The molecule has 22 heavy (non-hydrogen) atoms. The molecule has 1 saturated carbocycles. The molecule has 0 amide bonds. The van der Waals surface area contributed by atoms with Gasteiger partial charge in [0.15, 0.2) is 5.41 Å². The molecule has 0 saturated heterocycles. The molecule has 0 radical (unpaired) electrons. The Morgan fingerprint density at radius 1 is 1.23 bits per heavy atom. The second-order valence-corrected chi connectivity index (χ2v) is 6.79. The highest BCUT2D eigenvalue weighted by Gasteiger charge is 2.66. The molecular weight excluding hydrogens is 328 g/mol. The van der Waals surface area contributed by atoms with Gasteiger partial charge < -0.3 is 19.0 Å². The number of ether oxygens (including phenoxy) is 3. The fourth-order valence-corrected chi connectivity index (χ4v) is 4.42. The predicted molar refractivity (Wildman–Crippen MR) is 85.5 cm³/mol. The molecule has 6 nitrogen and oxygen atoms in total. The summed E-state index contributed by atoms with van der Waals surface area (Å²) in [7, 11) is 2.43. The van der Waals surface area contributed by atoms with Crippen molar-refractivity contribution in [3.8, 4) is 0 Å². The Bertz CT molecular complexity index is 460. The van der Waals surface area contributed by atoms with E-state index in [1.807, 2.05) is 0 Å². The number of thiocarbonyl (C=S) groups is 1. The summed E-state index contributed by atoms with van der Waals surface area (Å²) in [6.45, 7) is 3.65. The molecule has 124 valence electrons. The van der Waals surface area contributed by atoms with E-state index in [4.69, 9.17) is 26.4 Å².